The fourth-order valence-corrected chi connectivity index (χ4v) is 3.80. The summed E-state index contributed by atoms with van der Waals surface area (Å²) < 4.78 is 5.69. The predicted molar refractivity (Wildman–Crippen MR) is 111 cm³/mol. The second kappa shape index (κ2) is 8.61. The Bertz CT molecular complexity index is 909. The standard InChI is InChI=1S/C22H26N4O3/c1-15-5-2-3-6-16(15)8-9-23-22(28)17-11-19-21(24-12-17)25-13-20(27)26(19)14-18-7-4-10-29-18/h2-3,5-6,11-12,18H,4,7-10,13-14H2,1H3,(H,23,28)(H,24,25). The molecule has 1 aromatic carbocycles. The Hall–Kier alpha value is -2.93. The molecular formula is C22H26N4O3. The minimum atomic E-state index is -0.191. The Morgan fingerprint density at radius 3 is 3.03 bits per heavy atom. The number of fused-ring (bicyclic) bond motifs is 1. The van der Waals surface area contributed by atoms with Crippen LogP contribution in [0.2, 0.25) is 0 Å². The van der Waals surface area contributed by atoms with Gasteiger partial charge in [-0.25, -0.2) is 4.98 Å². The Labute approximate surface area is 170 Å². The number of anilines is 2. The number of nitrogens with one attached hydrogen (secondary N) is 2. The van der Waals surface area contributed by atoms with Gasteiger partial charge in [-0.15, -0.1) is 0 Å². The van der Waals surface area contributed by atoms with E-state index < -0.39 is 0 Å². The summed E-state index contributed by atoms with van der Waals surface area (Å²) in [6.07, 6.45) is 4.31. The molecule has 0 bridgehead atoms. The van der Waals surface area contributed by atoms with Crippen LogP contribution < -0.4 is 15.5 Å². The number of pyridine rings is 1. The maximum atomic E-state index is 12.6. The van der Waals surface area contributed by atoms with Crippen LogP contribution in [0, 0.1) is 6.92 Å². The molecule has 1 unspecified atom stereocenters. The summed E-state index contributed by atoms with van der Waals surface area (Å²) in [6.45, 7) is 4.04. The van der Waals surface area contributed by atoms with Crippen LogP contribution >= 0.6 is 0 Å². The third kappa shape index (κ3) is 4.40. The van der Waals surface area contributed by atoms with Gasteiger partial charge >= 0.3 is 0 Å². The number of aryl methyl sites for hydroxylation is 1. The molecule has 2 aliphatic rings. The van der Waals surface area contributed by atoms with Crippen molar-refractivity contribution in [3.63, 3.8) is 0 Å². The number of hydrogen-bond donors (Lipinski definition) is 2. The lowest BCUT2D eigenvalue weighted by molar-refractivity contribution is -0.117. The van der Waals surface area contributed by atoms with Crippen LogP contribution in [0.1, 0.15) is 34.3 Å². The molecule has 0 saturated carbocycles. The van der Waals surface area contributed by atoms with Crippen LogP contribution in [0.3, 0.4) is 0 Å². The molecule has 7 heteroatoms. The highest BCUT2D eigenvalue weighted by Crippen LogP contribution is 2.29. The molecule has 3 heterocycles. The second-order valence-electron chi connectivity index (χ2n) is 7.52. The molecule has 1 saturated heterocycles. The molecular weight excluding hydrogens is 368 g/mol. The topological polar surface area (TPSA) is 83.6 Å². The Morgan fingerprint density at radius 1 is 1.38 bits per heavy atom. The summed E-state index contributed by atoms with van der Waals surface area (Å²) in [5.74, 6) is 0.398. The third-order valence-corrected chi connectivity index (χ3v) is 5.48. The molecule has 0 radical (unpaired) electrons. The first-order valence-corrected chi connectivity index (χ1v) is 10.1. The molecule has 2 amide bonds. The average molecular weight is 394 g/mol. The van der Waals surface area contributed by atoms with Crippen molar-refractivity contribution in [2.45, 2.75) is 32.3 Å². The van der Waals surface area contributed by atoms with E-state index in [9.17, 15) is 9.59 Å². The van der Waals surface area contributed by atoms with Crippen molar-refractivity contribution in [2.75, 3.05) is 36.5 Å². The second-order valence-corrected chi connectivity index (χ2v) is 7.52. The van der Waals surface area contributed by atoms with E-state index in [1.165, 1.54) is 11.1 Å². The van der Waals surface area contributed by atoms with Gasteiger partial charge in [0.25, 0.3) is 5.91 Å². The normalized spacial score (nSPS) is 18.3. The van der Waals surface area contributed by atoms with Crippen molar-refractivity contribution >= 4 is 23.3 Å². The molecule has 1 aromatic heterocycles. The number of aromatic nitrogens is 1. The zero-order valence-electron chi connectivity index (χ0n) is 16.6. The molecule has 2 aliphatic heterocycles. The molecule has 152 valence electrons. The number of nitrogens with zero attached hydrogens (tertiary/aromatic N) is 2. The zero-order valence-corrected chi connectivity index (χ0v) is 16.6. The van der Waals surface area contributed by atoms with E-state index in [1.807, 2.05) is 12.1 Å². The van der Waals surface area contributed by atoms with Crippen LogP contribution in [-0.4, -0.2) is 49.1 Å². The maximum Gasteiger partial charge on any atom is 0.252 e. The Balaban J connectivity index is 1.44. The van der Waals surface area contributed by atoms with Gasteiger partial charge in [0.2, 0.25) is 5.91 Å². The van der Waals surface area contributed by atoms with Gasteiger partial charge in [0.1, 0.15) is 5.82 Å². The summed E-state index contributed by atoms with van der Waals surface area (Å²) in [5, 5.41) is 5.98. The lowest BCUT2D eigenvalue weighted by Crippen LogP contribution is -2.44. The first-order valence-electron chi connectivity index (χ1n) is 10.1. The van der Waals surface area contributed by atoms with Gasteiger partial charge in [0.15, 0.2) is 0 Å². The van der Waals surface area contributed by atoms with Crippen LogP contribution in [0.5, 0.6) is 0 Å². The SMILES string of the molecule is Cc1ccccc1CCNC(=O)c1cnc2c(c1)N(CC1CCCO1)C(=O)CN2. The van der Waals surface area contributed by atoms with Crippen LogP contribution in [-0.2, 0) is 16.0 Å². The van der Waals surface area contributed by atoms with Crippen molar-refractivity contribution < 1.29 is 14.3 Å². The van der Waals surface area contributed by atoms with E-state index in [0.717, 1.165) is 25.9 Å². The van der Waals surface area contributed by atoms with E-state index in [4.69, 9.17) is 4.74 Å². The minimum absolute atomic E-state index is 0.0353. The number of hydrogen-bond acceptors (Lipinski definition) is 5. The van der Waals surface area contributed by atoms with Gasteiger partial charge in [-0.2, -0.15) is 0 Å². The molecule has 0 aliphatic carbocycles. The lowest BCUT2D eigenvalue weighted by Gasteiger charge is -2.31. The number of rotatable bonds is 6. The van der Waals surface area contributed by atoms with Gasteiger partial charge in [0, 0.05) is 19.3 Å². The molecule has 1 fully saturated rings. The maximum absolute atomic E-state index is 12.6. The number of amides is 2. The quantitative estimate of drug-likeness (QED) is 0.786. The first kappa shape index (κ1) is 19.4. The average Bonchev–Trinajstić information content (AvgIpc) is 3.24. The predicted octanol–water partition coefficient (Wildman–Crippen LogP) is 2.30. The van der Waals surface area contributed by atoms with Crippen LogP contribution in [0.4, 0.5) is 11.5 Å². The highest BCUT2D eigenvalue weighted by Gasteiger charge is 2.29. The third-order valence-electron chi connectivity index (χ3n) is 5.48. The van der Waals surface area contributed by atoms with E-state index in [-0.39, 0.29) is 24.5 Å². The van der Waals surface area contributed by atoms with Gasteiger partial charge in [-0.3, -0.25) is 9.59 Å². The van der Waals surface area contributed by atoms with Crippen molar-refractivity contribution in [3.05, 3.63) is 53.2 Å². The summed E-state index contributed by atoms with van der Waals surface area (Å²) >= 11 is 0. The Morgan fingerprint density at radius 2 is 2.24 bits per heavy atom. The highest BCUT2D eigenvalue weighted by atomic mass is 16.5. The van der Waals surface area contributed by atoms with Gasteiger partial charge < -0.3 is 20.3 Å². The van der Waals surface area contributed by atoms with Gasteiger partial charge in [0.05, 0.1) is 30.4 Å². The van der Waals surface area contributed by atoms with E-state index >= 15 is 0 Å². The largest absolute Gasteiger partial charge is 0.376 e. The first-order chi connectivity index (χ1) is 14.1. The molecule has 7 nitrogen and oxygen atoms in total. The summed E-state index contributed by atoms with van der Waals surface area (Å²) in [7, 11) is 0. The van der Waals surface area contributed by atoms with E-state index in [2.05, 4.69) is 34.7 Å². The van der Waals surface area contributed by atoms with Crippen molar-refractivity contribution in [3.8, 4) is 0 Å². The molecule has 2 N–H and O–H groups in total. The lowest BCUT2D eigenvalue weighted by atomic mass is 10.1. The number of ether oxygens (including phenoxy) is 1. The molecule has 4 rings (SSSR count). The van der Waals surface area contributed by atoms with Crippen molar-refractivity contribution in [1.82, 2.24) is 10.3 Å². The zero-order chi connectivity index (χ0) is 20.2. The Kier molecular flexibility index (Phi) is 5.76. The fourth-order valence-electron chi connectivity index (χ4n) is 3.80. The molecule has 2 aromatic rings. The monoisotopic (exact) mass is 394 g/mol. The number of benzene rings is 1. The van der Waals surface area contributed by atoms with E-state index in [0.29, 0.717) is 30.2 Å². The van der Waals surface area contributed by atoms with Crippen molar-refractivity contribution in [2.24, 2.45) is 0 Å². The summed E-state index contributed by atoms with van der Waals surface area (Å²) in [5.41, 5.74) is 3.52. The van der Waals surface area contributed by atoms with Gasteiger partial charge in [-0.1, -0.05) is 24.3 Å². The summed E-state index contributed by atoms with van der Waals surface area (Å²) in [6, 6.07) is 9.89. The highest BCUT2D eigenvalue weighted by molar-refractivity contribution is 6.04. The van der Waals surface area contributed by atoms with E-state index in [1.54, 1.807) is 17.2 Å². The number of carbonyl (C=O) groups is 2. The summed E-state index contributed by atoms with van der Waals surface area (Å²) in [4.78, 5) is 31.2. The van der Waals surface area contributed by atoms with Crippen LogP contribution in [0.15, 0.2) is 36.5 Å². The fraction of sp³-hybridized carbons (Fsp3) is 0.409. The van der Waals surface area contributed by atoms with Crippen molar-refractivity contribution in [1.29, 1.82) is 0 Å². The van der Waals surface area contributed by atoms with Crippen LogP contribution in [0.25, 0.3) is 0 Å². The molecule has 29 heavy (non-hydrogen) atoms. The smallest absolute Gasteiger partial charge is 0.252 e. The minimum Gasteiger partial charge on any atom is -0.376 e. The van der Waals surface area contributed by atoms with Gasteiger partial charge in [-0.05, 0) is 43.4 Å². The number of carbonyl (C=O) groups excluding carboxylic acids is 2. The molecule has 0 spiro atoms. The molecule has 1 atom stereocenters.